The number of halogens is 1. The van der Waals surface area contributed by atoms with E-state index in [0.717, 1.165) is 46.5 Å². The number of aliphatic hydroxyl groups is 1. The Labute approximate surface area is 221 Å². The number of unbranched alkanes of at least 4 members (excludes halogenated alkanes) is 1. The number of nitrogens with zero attached hydrogens (tertiary/aromatic N) is 3. The highest BCUT2D eigenvalue weighted by atomic mass is 35.5. The fraction of sp³-hybridized carbons (Fsp3) is 0.483. The van der Waals surface area contributed by atoms with Crippen molar-refractivity contribution in [1.29, 1.82) is 0 Å². The molecule has 0 aromatic carbocycles. The van der Waals surface area contributed by atoms with Crippen LogP contribution in [0.5, 0.6) is 0 Å². The average Bonchev–Trinajstić information content (AvgIpc) is 3.03. The number of pyridine rings is 1. The van der Waals surface area contributed by atoms with Crippen LogP contribution in [-0.2, 0) is 11.3 Å². The quantitative estimate of drug-likeness (QED) is 0.351. The molecule has 7 heteroatoms. The number of carbonyl (C=O) groups excluding carboxylic acids is 1. The van der Waals surface area contributed by atoms with Gasteiger partial charge in [-0.2, -0.15) is 0 Å². The van der Waals surface area contributed by atoms with Gasteiger partial charge in [0.05, 0.1) is 22.9 Å². The van der Waals surface area contributed by atoms with Crippen molar-refractivity contribution in [1.82, 2.24) is 15.2 Å². The number of aryl methyl sites for hydroxylation is 1. The molecule has 1 amide bonds. The van der Waals surface area contributed by atoms with E-state index in [0.29, 0.717) is 31.1 Å². The minimum absolute atomic E-state index is 0.0249. The number of allylic oxidation sites excluding steroid dienone is 2. The van der Waals surface area contributed by atoms with Gasteiger partial charge >= 0.3 is 0 Å². The third kappa shape index (κ3) is 8.84. The molecule has 1 aliphatic rings. The van der Waals surface area contributed by atoms with Crippen molar-refractivity contribution in [3.05, 3.63) is 75.8 Å². The van der Waals surface area contributed by atoms with Crippen LogP contribution in [0.1, 0.15) is 65.1 Å². The van der Waals surface area contributed by atoms with Crippen molar-refractivity contribution < 1.29 is 9.90 Å². The van der Waals surface area contributed by atoms with E-state index in [2.05, 4.69) is 61.1 Å². The molecule has 6 nitrogen and oxygen atoms in total. The topological polar surface area (TPSA) is 77.8 Å². The van der Waals surface area contributed by atoms with E-state index in [1.807, 2.05) is 25.3 Å². The number of hydrogen-bond acceptors (Lipinski definition) is 5. The summed E-state index contributed by atoms with van der Waals surface area (Å²) in [5.41, 5.74) is 5.64. The fourth-order valence-electron chi connectivity index (χ4n) is 3.83. The Bertz CT molecular complexity index is 1070. The van der Waals surface area contributed by atoms with Gasteiger partial charge in [0.2, 0.25) is 5.91 Å². The number of nitrogens with one attached hydrogen (secondary N) is 1. The van der Waals surface area contributed by atoms with Gasteiger partial charge in [-0.3, -0.25) is 19.7 Å². The normalized spacial score (nSPS) is 15.0. The third-order valence-corrected chi connectivity index (χ3v) is 6.86. The molecule has 0 fully saturated rings. The molecular formula is C29H41ClN4O2. The maximum absolute atomic E-state index is 11.4. The summed E-state index contributed by atoms with van der Waals surface area (Å²) in [5, 5.41) is 13.7. The number of rotatable bonds is 12. The molecule has 0 saturated heterocycles. The molecule has 0 atom stereocenters. The van der Waals surface area contributed by atoms with Crippen molar-refractivity contribution in [2.75, 3.05) is 19.7 Å². The van der Waals surface area contributed by atoms with Crippen molar-refractivity contribution in [2.24, 2.45) is 4.99 Å². The molecule has 0 saturated carbocycles. The van der Waals surface area contributed by atoms with Crippen LogP contribution < -0.4 is 5.32 Å². The molecule has 0 radical (unpaired) electrons. The zero-order valence-corrected chi connectivity index (χ0v) is 23.3. The highest BCUT2D eigenvalue weighted by Gasteiger charge is 2.31. The summed E-state index contributed by atoms with van der Waals surface area (Å²) in [6, 6.07) is 1.94. The predicted molar refractivity (Wildman–Crippen MR) is 150 cm³/mol. The Morgan fingerprint density at radius 2 is 2.06 bits per heavy atom. The van der Waals surface area contributed by atoms with Crippen LogP contribution in [0, 0.1) is 6.92 Å². The van der Waals surface area contributed by atoms with Crippen molar-refractivity contribution in [2.45, 2.75) is 72.9 Å². The lowest BCUT2D eigenvalue weighted by Gasteiger charge is -2.39. The maximum Gasteiger partial charge on any atom is 0.217 e. The van der Waals surface area contributed by atoms with Gasteiger partial charge in [0.25, 0.3) is 0 Å². The number of carbonyl (C=O) groups is 1. The summed E-state index contributed by atoms with van der Waals surface area (Å²) in [6.07, 6.45) is 14.6. The minimum Gasteiger partial charge on any atom is -0.392 e. The number of amides is 1. The largest absolute Gasteiger partial charge is 0.392 e. The van der Waals surface area contributed by atoms with Gasteiger partial charge < -0.3 is 10.4 Å². The van der Waals surface area contributed by atoms with Gasteiger partial charge in [-0.05, 0) is 68.9 Å². The van der Waals surface area contributed by atoms with Crippen LogP contribution >= 0.6 is 11.6 Å². The molecule has 0 aliphatic heterocycles. The molecule has 0 bridgehead atoms. The SMILES string of the molecule is CCC/C=C\N=C(/C)C(C)(C)N(CC1=C(CO)CC=C(CNC(C)=O)C=C1)Cc1ncc(Cl)cc1C. The molecule has 1 heterocycles. The Morgan fingerprint density at radius 3 is 2.69 bits per heavy atom. The molecule has 36 heavy (non-hydrogen) atoms. The van der Waals surface area contributed by atoms with Crippen LogP contribution in [0.4, 0.5) is 0 Å². The Morgan fingerprint density at radius 1 is 1.31 bits per heavy atom. The molecule has 0 unspecified atom stereocenters. The van der Waals surface area contributed by atoms with Gasteiger partial charge in [-0.15, -0.1) is 0 Å². The Kier molecular flexibility index (Phi) is 11.8. The highest BCUT2D eigenvalue weighted by molar-refractivity contribution is 6.30. The molecule has 0 spiro atoms. The highest BCUT2D eigenvalue weighted by Crippen LogP contribution is 2.26. The summed E-state index contributed by atoms with van der Waals surface area (Å²) in [6.45, 7) is 13.7. The van der Waals surface area contributed by atoms with Crippen molar-refractivity contribution >= 4 is 23.2 Å². The number of aliphatic imine (C=N–C) groups is 1. The third-order valence-electron chi connectivity index (χ3n) is 6.66. The van der Waals surface area contributed by atoms with Gasteiger partial charge in [-0.25, -0.2) is 0 Å². The summed E-state index contributed by atoms with van der Waals surface area (Å²) >= 11 is 6.17. The Hall–Kier alpha value is -2.54. The van der Waals surface area contributed by atoms with E-state index < -0.39 is 0 Å². The number of aliphatic hydroxyl groups excluding tert-OH is 1. The zero-order valence-electron chi connectivity index (χ0n) is 22.6. The summed E-state index contributed by atoms with van der Waals surface area (Å²) < 4.78 is 0. The first kappa shape index (κ1) is 29.7. The molecule has 196 valence electrons. The van der Waals surface area contributed by atoms with E-state index in [4.69, 9.17) is 16.6 Å². The van der Waals surface area contributed by atoms with Crippen molar-refractivity contribution in [3.63, 3.8) is 0 Å². The van der Waals surface area contributed by atoms with Gasteiger partial charge in [0.1, 0.15) is 0 Å². The second-order valence-corrected chi connectivity index (χ2v) is 10.2. The predicted octanol–water partition coefficient (Wildman–Crippen LogP) is 5.71. The van der Waals surface area contributed by atoms with Crippen LogP contribution in [-0.4, -0.2) is 51.8 Å². The van der Waals surface area contributed by atoms with E-state index in [1.54, 1.807) is 6.20 Å². The van der Waals surface area contributed by atoms with Gasteiger partial charge in [0, 0.05) is 44.7 Å². The molecule has 2 N–H and O–H groups in total. The van der Waals surface area contributed by atoms with Gasteiger partial charge in [0.15, 0.2) is 0 Å². The molecule has 1 aromatic heterocycles. The molecule has 2 rings (SSSR count). The first-order valence-electron chi connectivity index (χ1n) is 12.6. The first-order chi connectivity index (χ1) is 17.1. The minimum atomic E-state index is -0.384. The van der Waals surface area contributed by atoms with Crippen molar-refractivity contribution in [3.8, 4) is 0 Å². The number of hydrogen-bond donors (Lipinski definition) is 2. The molecule has 1 aromatic rings. The zero-order chi connectivity index (χ0) is 26.7. The lowest BCUT2D eigenvalue weighted by Crippen LogP contribution is -2.49. The fourth-order valence-corrected chi connectivity index (χ4v) is 4.04. The lowest BCUT2D eigenvalue weighted by molar-refractivity contribution is -0.118. The summed E-state index contributed by atoms with van der Waals surface area (Å²) in [4.78, 5) is 23.1. The van der Waals surface area contributed by atoms with Crippen LogP contribution in [0.3, 0.4) is 0 Å². The number of aromatic nitrogens is 1. The monoisotopic (exact) mass is 512 g/mol. The summed E-state index contributed by atoms with van der Waals surface area (Å²) in [7, 11) is 0. The van der Waals surface area contributed by atoms with Gasteiger partial charge in [-0.1, -0.05) is 49.2 Å². The smallest absolute Gasteiger partial charge is 0.217 e. The molecule has 1 aliphatic carbocycles. The molecular weight excluding hydrogens is 472 g/mol. The van der Waals surface area contributed by atoms with E-state index >= 15 is 0 Å². The second kappa shape index (κ2) is 14.3. The van der Waals surface area contributed by atoms with E-state index in [1.165, 1.54) is 6.92 Å². The first-order valence-corrected chi connectivity index (χ1v) is 13.0. The Balaban J connectivity index is 2.41. The standard InChI is InChI=1S/C29H41ClN4O2/c1-7-8-9-14-31-22(3)29(5,6)34(19-28-21(2)15-27(30)17-33-28)18-25-12-10-24(16-32-23(4)36)11-13-26(25)20-35/h9-12,14-15,17,35H,7-8,13,16,18-20H2,1-6H3,(H,32,36)/b14-9-,31-22+. The lowest BCUT2D eigenvalue weighted by atomic mass is 9.94. The summed E-state index contributed by atoms with van der Waals surface area (Å²) in [5.74, 6) is -0.0642. The average molecular weight is 513 g/mol. The maximum atomic E-state index is 11.4. The van der Waals surface area contributed by atoms with E-state index in [-0.39, 0.29) is 18.1 Å². The second-order valence-electron chi connectivity index (χ2n) is 9.73. The van der Waals surface area contributed by atoms with Crippen LogP contribution in [0.25, 0.3) is 0 Å². The van der Waals surface area contributed by atoms with Crippen LogP contribution in [0.2, 0.25) is 5.02 Å². The van der Waals surface area contributed by atoms with Crippen LogP contribution in [0.15, 0.2) is 64.5 Å². The van der Waals surface area contributed by atoms with E-state index in [9.17, 15) is 9.90 Å².